The Labute approximate surface area is 424 Å². The second-order valence-electron chi connectivity index (χ2n) is 17.7. The first-order valence-corrected chi connectivity index (χ1v) is 27.7. The third-order valence-corrected chi connectivity index (χ3v) is 11.1. The zero-order valence-corrected chi connectivity index (χ0v) is 44.3. The van der Waals surface area contributed by atoms with Gasteiger partial charge in [-0.15, -0.1) is 0 Å². The van der Waals surface area contributed by atoms with Crippen LogP contribution in [0.3, 0.4) is 0 Å². The van der Waals surface area contributed by atoms with Gasteiger partial charge in [0.05, 0.1) is 0 Å². The molecule has 0 spiro atoms. The summed E-state index contributed by atoms with van der Waals surface area (Å²) in [6.45, 7) is 6.31. The fourth-order valence-electron chi connectivity index (χ4n) is 7.03. The molecule has 0 aliphatic heterocycles. The molecule has 0 rings (SSSR count). The standard InChI is InChI=1S/C63H100O6/c1-4-7-10-13-16-19-22-25-28-30-31-33-36-39-42-45-48-51-54-57-63(66)69-60(58-67-61(64)55-52-49-46-43-40-37-34-27-24-21-18-15-12-9-6-3)59-68-62(65)56-53-50-47-44-41-38-35-32-29-26-23-20-17-14-11-8-5-2/h7,9-10,12,16,18-19,21,25-29,31,33-35,38-39,42,44,47,60H,4-6,8,11,13-15,17,20,22-24,30,32,36-37,40-41,43,45-46,48-59H2,1-3H3/b10-7-,12-9-,19-16-,21-18-,28-25-,29-26-,33-31-,34-27-,38-35-,42-39-,47-44-/t60-/m1/s1. The van der Waals surface area contributed by atoms with Crippen LogP contribution >= 0.6 is 0 Å². The lowest BCUT2D eigenvalue weighted by atomic mass is 10.1. The molecule has 0 N–H and O–H groups in total. The van der Waals surface area contributed by atoms with E-state index in [9.17, 15) is 14.4 Å². The van der Waals surface area contributed by atoms with Crippen molar-refractivity contribution in [1.29, 1.82) is 0 Å². The summed E-state index contributed by atoms with van der Waals surface area (Å²) < 4.78 is 16.8. The second-order valence-corrected chi connectivity index (χ2v) is 17.7. The molecule has 0 amide bonds. The Balaban J connectivity index is 4.58. The van der Waals surface area contributed by atoms with Gasteiger partial charge in [0.2, 0.25) is 0 Å². The van der Waals surface area contributed by atoms with Gasteiger partial charge in [-0.2, -0.15) is 0 Å². The fourth-order valence-corrected chi connectivity index (χ4v) is 7.03. The normalized spacial score (nSPS) is 13.1. The van der Waals surface area contributed by atoms with Crippen LogP contribution in [0, 0.1) is 0 Å². The molecule has 0 aromatic carbocycles. The van der Waals surface area contributed by atoms with Crippen molar-refractivity contribution in [2.75, 3.05) is 13.2 Å². The Hall–Kier alpha value is -4.45. The third-order valence-electron chi connectivity index (χ3n) is 11.1. The Bertz CT molecular complexity index is 1510. The Morgan fingerprint density at radius 2 is 0.580 bits per heavy atom. The molecular weight excluding hydrogens is 853 g/mol. The highest BCUT2D eigenvalue weighted by Crippen LogP contribution is 2.12. The van der Waals surface area contributed by atoms with Gasteiger partial charge in [-0.25, -0.2) is 0 Å². The quantitative estimate of drug-likeness (QED) is 0.0262. The Morgan fingerprint density at radius 1 is 0.304 bits per heavy atom. The molecular formula is C63H100O6. The van der Waals surface area contributed by atoms with Gasteiger partial charge in [-0.05, 0) is 128 Å². The van der Waals surface area contributed by atoms with Crippen molar-refractivity contribution in [2.24, 2.45) is 0 Å². The number of ether oxygens (including phenoxy) is 3. The van der Waals surface area contributed by atoms with Crippen molar-refractivity contribution in [1.82, 2.24) is 0 Å². The average Bonchev–Trinajstić information content (AvgIpc) is 3.35. The first-order chi connectivity index (χ1) is 34.0. The van der Waals surface area contributed by atoms with Gasteiger partial charge in [0, 0.05) is 19.3 Å². The van der Waals surface area contributed by atoms with Crippen LogP contribution in [0.5, 0.6) is 0 Å². The summed E-state index contributed by atoms with van der Waals surface area (Å²) in [5.74, 6) is -1.03. The molecule has 0 saturated heterocycles. The number of carbonyl (C=O) groups is 3. The summed E-state index contributed by atoms with van der Waals surface area (Å²) in [5, 5.41) is 0. The van der Waals surface area contributed by atoms with E-state index in [1.54, 1.807) is 0 Å². The van der Waals surface area contributed by atoms with Crippen LogP contribution in [-0.4, -0.2) is 37.2 Å². The van der Waals surface area contributed by atoms with E-state index >= 15 is 0 Å². The van der Waals surface area contributed by atoms with E-state index in [1.807, 2.05) is 0 Å². The van der Waals surface area contributed by atoms with Crippen molar-refractivity contribution < 1.29 is 28.6 Å². The first-order valence-electron chi connectivity index (χ1n) is 27.7. The highest BCUT2D eigenvalue weighted by atomic mass is 16.6. The minimum atomic E-state index is -0.829. The average molecular weight is 953 g/mol. The van der Waals surface area contributed by atoms with Crippen molar-refractivity contribution in [3.05, 3.63) is 134 Å². The van der Waals surface area contributed by atoms with Crippen LogP contribution < -0.4 is 0 Å². The van der Waals surface area contributed by atoms with Crippen LogP contribution in [0.4, 0.5) is 0 Å². The molecule has 0 unspecified atom stereocenters. The third kappa shape index (κ3) is 54.4. The summed E-state index contributed by atoms with van der Waals surface area (Å²) in [6.07, 6.45) is 78.7. The van der Waals surface area contributed by atoms with Gasteiger partial charge in [0.1, 0.15) is 13.2 Å². The fraction of sp³-hybridized carbons (Fsp3) is 0.603. The molecule has 0 heterocycles. The van der Waals surface area contributed by atoms with E-state index in [4.69, 9.17) is 14.2 Å². The van der Waals surface area contributed by atoms with Crippen LogP contribution in [0.25, 0.3) is 0 Å². The highest BCUT2D eigenvalue weighted by molar-refractivity contribution is 5.71. The Morgan fingerprint density at radius 3 is 0.957 bits per heavy atom. The SMILES string of the molecule is CC/C=C\C/C=C\C/C=C\C/C=C\C/C=C\CCCCCC(=O)O[C@@H](COC(=O)CCC/C=C\C/C=C\C/C=C\CCCCCCCC)COC(=O)CCCCCCC/C=C\C/C=C\C/C=C\CC. The highest BCUT2D eigenvalue weighted by Gasteiger charge is 2.19. The van der Waals surface area contributed by atoms with Gasteiger partial charge in [0.25, 0.3) is 0 Å². The maximum absolute atomic E-state index is 12.8. The predicted molar refractivity (Wildman–Crippen MR) is 297 cm³/mol. The zero-order chi connectivity index (χ0) is 50.0. The van der Waals surface area contributed by atoms with Crippen LogP contribution in [0.1, 0.15) is 226 Å². The van der Waals surface area contributed by atoms with Gasteiger partial charge in [-0.1, -0.05) is 212 Å². The first kappa shape index (κ1) is 64.5. The predicted octanol–water partition coefficient (Wildman–Crippen LogP) is 18.6. The summed E-state index contributed by atoms with van der Waals surface area (Å²) in [5.41, 5.74) is 0. The van der Waals surface area contributed by atoms with Gasteiger partial charge in [0.15, 0.2) is 6.10 Å². The molecule has 0 aliphatic rings. The number of hydrogen-bond acceptors (Lipinski definition) is 6. The molecule has 69 heavy (non-hydrogen) atoms. The van der Waals surface area contributed by atoms with Crippen LogP contribution in [0.2, 0.25) is 0 Å². The molecule has 0 bridgehead atoms. The second kappa shape index (κ2) is 56.1. The maximum Gasteiger partial charge on any atom is 0.306 e. The molecule has 0 fully saturated rings. The van der Waals surface area contributed by atoms with Crippen LogP contribution in [0.15, 0.2) is 134 Å². The monoisotopic (exact) mass is 953 g/mol. The van der Waals surface area contributed by atoms with E-state index in [-0.39, 0.29) is 44.0 Å². The smallest absolute Gasteiger partial charge is 0.306 e. The molecule has 6 nitrogen and oxygen atoms in total. The maximum atomic E-state index is 12.8. The lowest BCUT2D eigenvalue weighted by Crippen LogP contribution is -2.30. The van der Waals surface area contributed by atoms with Crippen LogP contribution in [-0.2, 0) is 28.6 Å². The van der Waals surface area contributed by atoms with Crippen molar-refractivity contribution in [3.63, 3.8) is 0 Å². The topological polar surface area (TPSA) is 78.9 Å². The largest absolute Gasteiger partial charge is 0.462 e. The lowest BCUT2D eigenvalue weighted by Gasteiger charge is -2.18. The number of rotatable bonds is 48. The molecule has 388 valence electrons. The number of unbranched alkanes of at least 4 members (excludes halogenated alkanes) is 15. The van der Waals surface area contributed by atoms with Crippen molar-refractivity contribution >= 4 is 17.9 Å². The Kier molecular flexibility index (Phi) is 52.5. The number of hydrogen-bond donors (Lipinski definition) is 0. The molecule has 0 radical (unpaired) electrons. The summed E-state index contributed by atoms with van der Waals surface area (Å²) in [4.78, 5) is 38.1. The van der Waals surface area contributed by atoms with Crippen molar-refractivity contribution in [3.8, 4) is 0 Å². The number of allylic oxidation sites excluding steroid dienone is 22. The molecule has 0 saturated carbocycles. The van der Waals surface area contributed by atoms with E-state index in [0.717, 1.165) is 128 Å². The van der Waals surface area contributed by atoms with Gasteiger partial charge < -0.3 is 14.2 Å². The lowest BCUT2D eigenvalue weighted by molar-refractivity contribution is -0.167. The zero-order valence-electron chi connectivity index (χ0n) is 44.3. The van der Waals surface area contributed by atoms with Crippen molar-refractivity contribution in [2.45, 2.75) is 232 Å². The molecule has 0 aliphatic carbocycles. The van der Waals surface area contributed by atoms with E-state index in [2.05, 4.69) is 154 Å². The summed E-state index contributed by atoms with van der Waals surface area (Å²) >= 11 is 0. The van der Waals surface area contributed by atoms with Gasteiger partial charge in [-0.3, -0.25) is 14.4 Å². The van der Waals surface area contributed by atoms with E-state index < -0.39 is 6.10 Å². The number of esters is 3. The summed E-state index contributed by atoms with van der Waals surface area (Å²) in [7, 11) is 0. The minimum absolute atomic E-state index is 0.121. The summed E-state index contributed by atoms with van der Waals surface area (Å²) in [6, 6.07) is 0. The number of carbonyl (C=O) groups excluding carboxylic acids is 3. The van der Waals surface area contributed by atoms with E-state index in [0.29, 0.717) is 19.3 Å². The molecule has 6 heteroatoms. The molecule has 1 atom stereocenters. The van der Waals surface area contributed by atoms with Gasteiger partial charge >= 0.3 is 17.9 Å². The minimum Gasteiger partial charge on any atom is -0.462 e. The molecule has 0 aromatic heterocycles. The van der Waals surface area contributed by atoms with E-state index in [1.165, 1.54) is 44.9 Å². The molecule has 0 aromatic rings.